The Hall–Kier alpha value is -1.41. The van der Waals surface area contributed by atoms with Crippen LogP contribution in [0.25, 0.3) is 0 Å². The maximum Gasteiger partial charge on any atom is 0.300 e. The zero-order valence-electron chi connectivity index (χ0n) is 11.4. The molecule has 0 atom stereocenters. The SMILES string of the molecule is C#C.C#C.CC(=O)O.CC(C)C1CCCCC1. The summed E-state index contributed by atoms with van der Waals surface area (Å²) in [6.07, 6.45) is 23.5. The van der Waals surface area contributed by atoms with Crippen molar-refractivity contribution in [2.75, 3.05) is 0 Å². The van der Waals surface area contributed by atoms with Crippen molar-refractivity contribution in [3.8, 4) is 25.7 Å². The Kier molecular flexibility index (Phi) is 20.9. The minimum absolute atomic E-state index is 0.833. The number of rotatable bonds is 1. The largest absolute Gasteiger partial charge is 0.481 e. The molecule has 17 heavy (non-hydrogen) atoms. The van der Waals surface area contributed by atoms with Crippen LogP contribution in [-0.4, -0.2) is 11.1 Å². The molecular formula is C15H26O2. The van der Waals surface area contributed by atoms with E-state index in [9.17, 15) is 0 Å². The molecule has 1 aliphatic rings. The molecule has 0 amide bonds. The highest BCUT2D eigenvalue weighted by molar-refractivity contribution is 5.62. The Balaban J connectivity index is -0.000000208. The van der Waals surface area contributed by atoms with Gasteiger partial charge in [-0.1, -0.05) is 46.0 Å². The van der Waals surface area contributed by atoms with E-state index in [-0.39, 0.29) is 0 Å². The minimum Gasteiger partial charge on any atom is -0.481 e. The fourth-order valence-electron chi connectivity index (χ4n) is 1.80. The van der Waals surface area contributed by atoms with Gasteiger partial charge in [0.05, 0.1) is 0 Å². The maximum absolute atomic E-state index is 9.00. The van der Waals surface area contributed by atoms with E-state index in [2.05, 4.69) is 39.5 Å². The first-order chi connectivity index (χ1) is 8.04. The van der Waals surface area contributed by atoms with Crippen LogP contribution in [0, 0.1) is 37.5 Å². The average Bonchev–Trinajstić information content (AvgIpc) is 2.34. The van der Waals surface area contributed by atoms with Crippen LogP contribution in [0.15, 0.2) is 0 Å². The van der Waals surface area contributed by atoms with Crippen LogP contribution in [0.4, 0.5) is 0 Å². The molecule has 0 heterocycles. The third kappa shape index (κ3) is 20.6. The molecule has 0 bridgehead atoms. The number of carboxylic acid groups (broad SMARTS) is 1. The normalized spacial score (nSPS) is 13.9. The highest BCUT2D eigenvalue weighted by Crippen LogP contribution is 2.29. The second-order valence-corrected chi connectivity index (χ2v) is 4.16. The van der Waals surface area contributed by atoms with Gasteiger partial charge in [0.1, 0.15) is 0 Å². The molecule has 1 aliphatic carbocycles. The molecular weight excluding hydrogens is 212 g/mol. The first-order valence-electron chi connectivity index (χ1n) is 5.90. The number of hydrogen-bond acceptors (Lipinski definition) is 1. The van der Waals surface area contributed by atoms with Gasteiger partial charge < -0.3 is 5.11 Å². The lowest BCUT2D eigenvalue weighted by Crippen LogP contribution is -2.12. The summed E-state index contributed by atoms with van der Waals surface area (Å²) in [5.74, 6) is 1.16. The van der Waals surface area contributed by atoms with Crippen molar-refractivity contribution in [3.63, 3.8) is 0 Å². The highest BCUT2D eigenvalue weighted by Gasteiger charge is 2.15. The Bertz CT molecular complexity index is 185. The lowest BCUT2D eigenvalue weighted by Gasteiger charge is -2.24. The molecule has 0 radical (unpaired) electrons. The van der Waals surface area contributed by atoms with Crippen LogP contribution in [0.1, 0.15) is 52.9 Å². The molecule has 0 aromatic carbocycles. The Labute approximate surface area is 107 Å². The summed E-state index contributed by atoms with van der Waals surface area (Å²) >= 11 is 0. The van der Waals surface area contributed by atoms with Crippen molar-refractivity contribution in [3.05, 3.63) is 0 Å². The van der Waals surface area contributed by atoms with E-state index in [0.29, 0.717) is 0 Å². The van der Waals surface area contributed by atoms with Crippen molar-refractivity contribution < 1.29 is 9.90 Å². The van der Waals surface area contributed by atoms with Gasteiger partial charge in [0.2, 0.25) is 0 Å². The van der Waals surface area contributed by atoms with Gasteiger partial charge >= 0.3 is 0 Å². The topological polar surface area (TPSA) is 37.3 Å². The molecule has 98 valence electrons. The van der Waals surface area contributed by atoms with Crippen molar-refractivity contribution in [2.24, 2.45) is 11.8 Å². The smallest absolute Gasteiger partial charge is 0.300 e. The van der Waals surface area contributed by atoms with E-state index in [1.165, 1.54) is 32.1 Å². The minimum atomic E-state index is -0.833. The van der Waals surface area contributed by atoms with Gasteiger partial charge in [0.25, 0.3) is 5.97 Å². The van der Waals surface area contributed by atoms with E-state index in [1.807, 2.05) is 0 Å². The molecule has 0 saturated heterocycles. The van der Waals surface area contributed by atoms with Gasteiger partial charge in [-0.15, -0.1) is 25.7 Å². The van der Waals surface area contributed by atoms with Gasteiger partial charge in [0, 0.05) is 6.92 Å². The number of hydrogen-bond donors (Lipinski definition) is 1. The average molecular weight is 238 g/mol. The molecule has 1 N–H and O–H groups in total. The van der Waals surface area contributed by atoms with Gasteiger partial charge in [-0.05, 0) is 11.8 Å². The Morgan fingerprint density at radius 3 is 1.53 bits per heavy atom. The third-order valence-corrected chi connectivity index (χ3v) is 2.59. The van der Waals surface area contributed by atoms with Crippen LogP contribution in [-0.2, 0) is 4.79 Å². The lowest BCUT2D eigenvalue weighted by molar-refractivity contribution is -0.134. The van der Waals surface area contributed by atoms with E-state index in [4.69, 9.17) is 9.90 Å². The van der Waals surface area contributed by atoms with Gasteiger partial charge in [-0.25, -0.2) is 0 Å². The van der Waals surface area contributed by atoms with E-state index in [0.717, 1.165) is 18.8 Å². The van der Waals surface area contributed by atoms with Crippen molar-refractivity contribution in [1.82, 2.24) is 0 Å². The predicted octanol–water partition coefficient (Wildman–Crippen LogP) is 3.81. The molecule has 2 heteroatoms. The van der Waals surface area contributed by atoms with Gasteiger partial charge in [-0.3, -0.25) is 4.79 Å². The fourth-order valence-corrected chi connectivity index (χ4v) is 1.80. The quantitative estimate of drug-likeness (QED) is 0.705. The van der Waals surface area contributed by atoms with E-state index in [1.54, 1.807) is 0 Å². The summed E-state index contributed by atoms with van der Waals surface area (Å²) in [4.78, 5) is 9.00. The fraction of sp³-hybridized carbons (Fsp3) is 0.667. The molecule has 1 fully saturated rings. The number of carbonyl (C=O) groups is 1. The van der Waals surface area contributed by atoms with Crippen LogP contribution in [0.3, 0.4) is 0 Å². The molecule has 0 aromatic rings. The second-order valence-electron chi connectivity index (χ2n) is 4.16. The van der Waals surface area contributed by atoms with Crippen molar-refractivity contribution in [2.45, 2.75) is 52.9 Å². The summed E-state index contributed by atoms with van der Waals surface area (Å²) in [5.41, 5.74) is 0. The number of terminal acetylenes is 2. The summed E-state index contributed by atoms with van der Waals surface area (Å²) in [6, 6.07) is 0. The summed E-state index contributed by atoms with van der Waals surface area (Å²) < 4.78 is 0. The van der Waals surface area contributed by atoms with Crippen LogP contribution in [0.2, 0.25) is 0 Å². The number of aliphatic carboxylic acids is 1. The van der Waals surface area contributed by atoms with Crippen molar-refractivity contribution in [1.29, 1.82) is 0 Å². The second kappa shape index (κ2) is 17.0. The molecule has 1 saturated carbocycles. The lowest BCUT2D eigenvalue weighted by atomic mass is 9.82. The van der Waals surface area contributed by atoms with Crippen LogP contribution >= 0.6 is 0 Å². The Morgan fingerprint density at radius 1 is 1.06 bits per heavy atom. The van der Waals surface area contributed by atoms with Gasteiger partial charge in [0.15, 0.2) is 0 Å². The molecule has 0 unspecified atom stereocenters. The first-order valence-corrected chi connectivity index (χ1v) is 5.90. The molecule has 2 nitrogen and oxygen atoms in total. The standard InChI is InChI=1S/C9H18.C2H4O2.2C2H2/c1-8(2)9-6-4-3-5-7-9;1-2(3)4;2*1-2/h8-9H,3-7H2,1-2H3;1H3,(H,3,4);2*1-2H. The maximum atomic E-state index is 9.00. The van der Waals surface area contributed by atoms with E-state index < -0.39 is 5.97 Å². The molecule has 0 aromatic heterocycles. The third-order valence-electron chi connectivity index (χ3n) is 2.59. The first kappa shape index (κ1) is 20.9. The predicted molar refractivity (Wildman–Crippen MR) is 74.5 cm³/mol. The molecule has 0 spiro atoms. The Morgan fingerprint density at radius 2 is 1.35 bits per heavy atom. The zero-order chi connectivity index (χ0) is 14.3. The molecule has 0 aliphatic heterocycles. The van der Waals surface area contributed by atoms with E-state index >= 15 is 0 Å². The number of carboxylic acids is 1. The zero-order valence-corrected chi connectivity index (χ0v) is 11.4. The summed E-state index contributed by atoms with van der Waals surface area (Å²) in [6.45, 7) is 5.80. The summed E-state index contributed by atoms with van der Waals surface area (Å²) in [5, 5.41) is 7.42. The molecule has 1 rings (SSSR count). The monoisotopic (exact) mass is 238 g/mol. The van der Waals surface area contributed by atoms with Gasteiger partial charge in [-0.2, -0.15) is 0 Å². The van der Waals surface area contributed by atoms with Crippen molar-refractivity contribution >= 4 is 5.97 Å². The summed E-state index contributed by atoms with van der Waals surface area (Å²) in [7, 11) is 0. The van der Waals surface area contributed by atoms with Crippen LogP contribution < -0.4 is 0 Å². The highest BCUT2D eigenvalue weighted by atomic mass is 16.4. The van der Waals surface area contributed by atoms with Crippen LogP contribution in [0.5, 0.6) is 0 Å².